The van der Waals surface area contributed by atoms with Crippen LogP contribution >= 0.6 is 27.5 Å². The van der Waals surface area contributed by atoms with E-state index in [2.05, 4.69) is 26.2 Å². The maximum absolute atomic E-state index is 5.91. The highest BCUT2D eigenvalue weighted by Crippen LogP contribution is 2.28. The fourth-order valence-electron chi connectivity index (χ4n) is 1.29. The van der Waals surface area contributed by atoms with E-state index < -0.39 is 0 Å². The Morgan fingerprint density at radius 1 is 1.18 bits per heavy atom. The third-order valence-corrected chi connectivity index (χ3v) is 3.08. The van der Waals surface area contributed by atoms with Gasteiger partial charge in [-0.3, -0.25) is 0 Å². The molecule has 0 saturated heterocycles. The largest absolute Gasteiger partial charge is 0.396 e. The van der Waals surface area contributed by atoms with Crippen LogP contribution in [0.3, 0.4) is 0 Å². The first-order valence-electron chi connectivity index (χ1n) is 4.80. The van der Waals surface area contributed by atoms with E-state index in [1.165, 1.54) is 0 Å². The normalized spacial score (nSPS) is 10.2. The van der Waals surface area contributed by atoms with Gasteiger partial charge in [0.2, 0.25) is 0 Å². The summed E-state index contributed by atoms with van der Waals surface area (Å²) in [6.45, 7) is 0. The van der Waals surface area contributed by atoms with Crippen molar-refractivity contribution in [1.29, 1.82) is 0 Å². The predicted molar refractivity (Wildman–Crippen MR) is 75.5 cm³/mol. The van der Waals surface area contributed by atoms with E-state index in [0.29, 0.717) is 22.3 Å². The van der Waals surface area contributed by atoms with Gasteiger partial charge in [0.05, 0.1) is 11.4 Å². The van der Waals surface area contributed by atoms with Crippen molar-refractivity contribution in [3.05, 3.63) is 39.8 Å². The number of nitrogens with two attached hydrogens (primary N) is 2. The lowest BCUT2D eigenvalue weighted by atomic mass is 10.3. The van der Waals surface area contributed by atoms with Gasteiger partial charge >= 0.3 is 0 Å². The van der Waals surface area contributed by atoms with Crippen molar-refractivity contribution < 1.29 is 0 Å². The average molecular weight is 314 g/mol. The number of hydrogen-bond donors (Lipinski definition) is 3. The van der Waals surface area contributed by atoms with Crippen molar-refractivity contribution in [1.82, 2.24) is 4.98 Å². The van der Waals surface area contributed by atoms with Gasteiger partial charge in [0, 0.05) is 9.50 Å². The van der Waals surface area contributed by atoms with Crippen LogP contribution < -0.4 is 16.8 Å². The summed E-state index contributed by atoms with van der Waals surface area (Å²) < 4.78 is 0.888. The lowest BCUT2D eigenvalue weighted by Gasteiger charge is -2.09. The van der Waals surface area contributed by atoms with Crippen molar-refractivity contribution in [2.45, 2.75) is 0 Å². The van der Waals surface area contributed by atoms with Crippen LogP contribution in [-0.4, -0.2) is 4.98 Å². The molecule has 0 radical (unpaired) electrons. The number of benzene rings is 1. The average Bonchev–Trinajstić information content (AvgIpc) is 2.29. The molecule has 0 fully saturated rings. The number of nitrogens with one attached hydrogen (secondary N) is 1. The molecule has 2 aromatic rings. The summed E-state index contributed by atoms with van der Waals surface area (Å²) in [5.74, 6) is 0.910. The lowest BCUT2D eigenvalue weighted by molar-refractivity contribution is 1.31. The molecular weight excluding hydrogens is 304 g/mol. The minimum absolute atomic E-state index is 0.299. The zero-order valence-corrected chi connectivity index (χ0v) is 11.1. The van der Waals surface area contributed by atoms with Gasteiger partial charge < -0.3 is 16.8 Å². The molecule has 0 atom stereocenters. The van der Waals surface area contributed by atoms with Gasteiger partial charge in [-0.05, 0) is 46.3 Å². The highest BCUT2D eigenvalue weighted by Gasteiger charge is 2.04. The van der Waals surface area contributed by atoms with Gasteiger partial charge in [-0.15, -0.1) is 0 Å². The first-order valence-corrected chi connectivity index (χ1v) is 5.97. The van der Waals surface area contributed by atoms with Gasteiger partial charge in [0.25, 0.3) is 0 Å². The summed E-state index contributed by atoms with van der Waals surface area (Å²) in [6, 6.07) is 8.88. The van der Waals surface area contributed by atoms with Crippen molar-refractivity contribution in [3.63, 3.8) is 0 Å². The molecule has 5 N–H and O–H groups in total. The summed E-state index contributed by atoms with van der Waals surface area (Å²) in [5, 5.41) is 3.74. The van der Waals surface area contributed by atoms with Crippen molar-refractivity contribution in [3.8, 4) is 0 Å². The van der Waals surface area contributed by atoms with Crippen LogP contribution in [0, 0.1) is 0 Å². The van der Waals surface area contributed by atoms with Crippen LogP contribution in [0.15, 0.2) is 34.8 Å². The molecule has 88 valence electrons. The van der Waals surface area contributed by atoms with Gasteiger partial charge in [-0.25, -0.2) is 4.98 Å². The zero-order chi connectivity index (χ0) is 12.4. The minimum atomic E-state index is 0.299. The van der Waals surface area contributed by atoms with Crippen LogP contribution in [0.2, 0.25) is 5.02 Å². The fourth-order valence-corrected chi connectivity index (χ4v) is 1.80. The Hall–Kier alpha value is -1.46. The molecule has 0 spiro atoms. The summed E-state index contributed by atoms with van der Waals surface area (Å²) in [6.07, 6.45) is 0. The number of halogens is 2. The molecule has 17 heavy (non-hydrogen) atoms. The maximum atomic E-state index is 5.91. The third kappa shape index (κ3) is 2.81. The second-order valence-corrected chi connectivity index (χ2v) is 4.71. The maximum Gasteiger partial charge on any atom is 0.149 e. The highest BCUT2D eigenvalue weighted by molar-refractivity contribution is 9.10. The van der Waals surface area contributed by atoms with Crippen molar-refractivity contribution in [2.75, 3.05) is 16.8 Å². The summed E-state index contributed by atoms with van der Waals surface area (Å²) in [4.78, 5) is 4.12. The van der Waals surface area contributed by atoms with E-state index in [4.69, 9.17) is 23.1 Å². The number of nitrogen functional groups attached to an aromatic ring is 2. The molecule has 1 aromatic carbocycles. The molecule has 6 heteroatoms. The SMILES string of the molecule is Nc1ccc(Nc2cc(Cl)ccc2Br)nc1N. The first kappa shape index (κ1) is 12.0. The van der Waals surface area contributed by atoms with Crippen LogP contribution in [0.4, 0.5) is 23.0 Å². The number of nitrogens with zero attached hydrogens (tertiary/aromatic N) is 1. The van der Waals surface area contributed by atoms with Gasteiger partial charge in [0.1, 0.15) is 11.6 Å². The Morgan fingerprint density at radius 3 is 2.65 bits per heavy atom. The Bertz CT molecular complexity index is 559. The minimum Gasteiger partial charge on any atom is -0.396 e. The lowest BCUT2D eigenvalue weighted by Crippen LogP contribution is -2.01. The van der Waals surface area contributed by atoms with E-state index in [1.807, 2.05) is 6.07 Å². The highest BCUT2D eigenvalue weighted by atomic mass is 79.9. The van der Waals surface area contributed by atoms with E-state index in [9.17, 15) is 0 Å². The number of pyridine rings is 1. The molecule has 0 aliphatic carbocycles. The molecule has 1 heterocycles. The quantitative estimate of drug-likeness (QED) is 0.794. The van der Waals surface area contributed by atoms with Crippen LogP contribution in [0.5, 0.6) is 0 Å². The van der Waals surface area contributed by atoms with Crippen LogP contribution in [0.25, 0.3) is 0 Å². The fraction of sp³-hybridized carbons (Fsp3) is 0. The molecule has 0 aliphatic heterocycles. The number of hydrogen-bond acceptors (Lipinski definition) is 4. The zero-order valence-electron chi connectivity index (χ0n) is 8.74. The molecule has 0 saturated carbocycles. The number of rotatable bonds is 2. The molecule has 0 unspecified atom stereocenters. The summed E-state index contributed by atoms with van der Waals surface area (Å²) in [7, 11) is 0. The third-order valence-electron chi connectivity index (χ3n) is 2.15. The van der Waals surface area contributed by atoms with Gasteiger partial charge in [-0.1, -0.05) is 11.6 Å². The summed E-state index contributed by atoms with van der Waals surface area (Å²) >= 11 is 9.33. The predicted octanol–water partition coefficient (Wildman–Crippen LogP) is 3.41. The van der Waals surface area contributed by atoms with E-state index in [1.54, 1.807) is 24.3 Å². The van der Waals surface area contributed by atoms with E-state index in [-0.39, 0.29) is 0 Å². The Morgan fingerprint density at radius 2 is 1.94 bits per heavy atom. The molecule has 2 rings (SSSR count). The molecule has 4 nitrogen and oxygen atoms in total. The molecule has 0 amide bonds. The smallest absolute Gasteiger partial charge is 0.149 e. The van der Waals surface area contributed by atoms with Crippen molar-refractivity contribution >= 4 is 50.5 Å². The first-order chi connectivity index (χ1) is 8.06. The van der Waals surface area contributed by atoms with Crippen LogP contribution in [0.1, 0.15) is 0 Å². The van der Waals surface area contributed by atoms with Gasteiger partial charge in [0.15, 0.2) is 0 Å². The Kier molecular flexibility index (Phi) is 3.40. The van der Waals surface area contributed by atoms with E-state index in [0.717, 1.165) is 10.2 Å². The van der Waals surface area contributed by atoms with E-state index >= 15 is 0 Å². The molecule has 0 bridgehead atoms. The summed E-state index contributed by atoms with van der Waals surface area (Å²) in [5.41, 5.74) is 12.5. The molecule has 0 aliphatic rings. The second-order valence-electron chi connectivity index (χ2n) is 3.42. The Balaban J connectivity index is 2.31. The number of anilines is 4. The topological polar surface area (TPSA) is 77.0 Å². The standard InChI is InChI=1S/C11H10BrClN4/c12-7-2-1-6(13)5-9(7)16-10-4-3-8(14)11(15)17-10/h1-5H,14H2,(H3,15,16,17). The molecule has 1 aromatic heterocycles. The number of aromatic nitrogens is 1. The molecular formula is C11H10BrClN4. The van der Waals surface area contributed by atoms with Gasteiger partial charge in [-0.2, -0.15) is 0 Å². The van der Waals surface area contributed by atoms with Crippen molar-refractivity contribution in [2.24, 2.45) is 0 Å². The Labute approximate surface area is 112 Å². The monoisotopic (exact) mass is 312 g/mol. The second kappa shape index (κ2) is 4.81. The van der Waals surface area contributed by atoms with Crippen LogP contribution in [-0.2, 0) is 0 Å².